The zero-order valence-corrected chi connectivity index (χ0v) is 29.3. The third-order valence-corrected chi connectivity index (χ3v) is 11.8. The maximum absolute atomic E-state index is 13.4. The molecule has 1 saturated heterocycles. The number of thioether (sulfide) groups is 1. The van der Waals surface area contributed by atoms with Crippen LogP contribution in [0.1, 0.15) is 74.7 Å². The summed E-state index contributed by atoms with van der Waals surface area (Å²) in [6.45, 7) is 15.6. The fourth-order valence-corrected chi connectivity index (χ4v) is 9.44. The minimum atomic E-state index is 0.0163. The molecule has 0 N–H and O–H groups in total. The van der Waals surface area contributed by atoms with E-state index in [1.807, 2.05) is 91.2 Å². The highest BCUT2D eigenvalue weighted by Gasteiger charge is 2.29. The average molecular weight is 676 g/mol. The van der Waals surface area contributed by atoms with Gasteiger partial charge >= 0.3 is 0 Å². The van der Waals surface area contributed by atoms with Gasteiger partial charge in [0.2, 0.25) is 11.6 Å². The van der Waals surface area contributed by atoms with Crippen LogP contribution in [-0.4, -0.2) is 58.7 Å². The molecule has 6 rings (SSSR count). The zero-order chi connectivity index (χ0) is 33.6. The molecule has 8 heteroatoms. The van der Waals surface area contributed by atoms with E-state index in [-0.39, 0.29) is 23.9 Å². The van der Waals surface area contributed by atoms with E-state index in [1.165, 1.54) is 11.3 Å². The number of fused-ring (bicyclic) bond motifs is 2. The summed E-state index contributed by atoms with van der Waals surface area (Å²) in [5, 5.41) is 2.43. The second-order valence-corrected chi connectivity index (χ2v) is 15.4. The van der Waals surface area contributed by atoms with Crippen LogP contribution in [0.25, 0.3) is 15.6 Å². The third-order valence-electron chi connectivity index (χ3n) is 9.26. The van der Waals surface area contributed by atoms with Crippen LogP contribution in [0.4, 0.5) is 5.69 Å². The van der Waals surface area contributed by atoms with Gasteiger partial charge in [0.1, 0.15) is 0 Å². The van der Waals surface area contributed by atoms with E-state index in [1.54, 1.807) is 6.08 Å². The lowest BCUT2D eigenvalue weighted by atomic mass is 9.98. The lowest BCUT2D eigenvalue weighted by molar-refractivity contribution is -0.132. The van der Waals surface area contributed by atoms with Gasteiger partial charge in [-0.05, 0) is 67.6 Å². The molecule has 1 fully saturated rings. The maximum Gasteiger partial charge on any atom is 0.224 e. The van der Waals surface area contributed by atoms with Gasteiger partial charge in [-0.1, -0.05) is 72.3 Å². The van der Waals surface area contributed by atoms with Crippen LogP contribution in [0.3, 0.4) is 0 Å². The Balaban J connectivity index is 1.03. The predicted molar refractivity (Wildman–Crippen MR) is 197 cm³/mol. The molecule has 48 heavy (non-hydrogen) atoms. The van der Waals surface area contributed by atoms with Gasteiger partial charge < -0.3 is 9.80 Å². The van der Waals surface area contributed by atoms with Crippen molar-refractivity contribution in [3.8, 4) is 0 Å². The number of carbonyl (C=O) groups excluding carboxylic acids is 3. The van der Waals surface area contributed by atoms with Crippen LogP contribution >= 0.6 is 23.1 Å². The highest BCUT2D eigenvalue weighted by molar-refractivity contribution is 7.99. The summed E-state index contributed by atoms with van der Waals surface area (Å²) in [6, 6.07) is 21.6. The number of carbonyl (C=O) groups is 3. The summed E-state index contributed by atoms with van der Waals surface area (Å²) in [5.41, 5.74) is 5.17. The molecule has 246 valence electrons. The summed E-state index contributed by atoms with van der Waals surface area (Å²) < 4.78 is 0. The number of benzene rings is 3. The molecule has 4 aromatic rings. The van der Waals surface area contributed by atoms with E-state index in [0.29, 0.717) is 42.4 Å². The molecule has 0 spiro atoms. The number of ketones is 2. The SMILES string of the molecule is [C-]#[N+]c1c(CC(=O)c2cccc3ccccc23)sc2c1CCN(C(=O)CCN1CCCC(SCc3ccccc3C(=O)C=C(C)C)C1)C2. The van der Waals surface area contributed by atoms with Gasteiger partial charge in [0.15, 0.2) is 11.6 Å². The standard InChI is InChI=1S/C40H41N3O3S2/c1-27(2)22-35(44)32-15-7-5-11-29(32)26-47-30-13-9-19-42(24-30)20-18-39(46)43-21-17-34-38(25-43)48-37(40(34)41-3)23-36(45)33-16-8-12-28-10-4-6-14-31(28)33/h4-8,10-12,14-16,22,30H,9,13,17-21,23-26H2,1-2H3. The Bertz CT molecular complexity index is 1910. The van der Waals surface area contributed by atoms with Crippen molar-refractivity contribution >= 4 is 57.0 Å². The zero-order valence-electron chi connectivity index (χ0n) is 27.7. The highest BCUT2D eigenvalue weighted by atomic mass is 32.2. The molecular formula is C40H41N3O3S2. The van der Waals surface area contributed by atoms with Crippen molar-refractivity contribution in [2.45, 2.75) is 63.5 Å². The Kier molecular flexibility index (Phi) is 10.9. The topological polar surface area (TPSA) is 62.1 Å². The van der Waals surface area contributed by atoms with Crippen molar-refractivity contribution in [2.75, 3.05) is 26.2 Å². The van der Waals surface area contributed by atoms with E-state index in [2.05, 4.69) is 15.8 Å². The summed E-state index contributed by atoms with van der Waals surface area (Å²) in [7, 11) is 0. The van der Waals surface area contributed by atoms with Gasteiger partial charge in [-0.15, -0.1) is 0 Å². The van der Waals surface area contributed by atoms with Crippen LogP contribution in [0.15, 0.2) is 78.4 Å². The molecule has 0 radical (unpaired) electrons. The Hall–Kier alpha value is -4.03. The van der Waals surface area contributed by atoms with Crippen LogP contribution in [0.5, 0.6) is 0 Å². The number of rotatable bonds is 11. The van der Waals surface area contributed by atoms with Crippen molar-refractivity contribution < 1.29 is 14.4 Å². The van der Waals surface area contributed by atoms with E-state index < -0.39 is 0 Å². The number of thiophene rings is 1. The van der Waals surface area contributed by atoms with Gasteiger partial charge in [-0.25, -0.2) is 4.85 Å². The Morgan fingerprint density at radius 2 is 1.77 bits per heavy atom. The van der Waals surface area contributed by atoms with Crippen LogP contribution in [-0.2, 0) is 29.9 Å². The second-order valence-electron chi connectivity index (χ2n) is 12.9. The first-order valence-electron chi connectivity index (χ1n) is 16.7. The van der Waals surface area contributed by atoms with Gasteiger partial charge in [-0.3, -0.25) is 14.4 Å². The molecular weight excluding hydrogens is 635 g/mol. The number of piperidine rings is 1. The number of nitrogens with zero attached hydrogens (tertiary/aromatic N) is 3. The third kappa shape index (κ3) is 7.81. The molecule has 3 aromatic carbocycles. The minimum absolute atomic E-state index is 0.0163. The summed E-state index contributed by atoms with van der Waals surface area (Å²) in [5.74, 6) is 1.03. The monoisotopic (exact) mass is 675 g/mol. The van der Waals surface area contributed by atoms with Crippen LogP contribution < -0.4 is 0 Å². The predicted octanol–water partition coefficient (Wildman–Crippen LogP) is 8.70. The molecule has 1 amide bonds. The average Bonchev–Trinajstić information content (AvgIpc) is 3.45. The van der Waals surface area contributed by atoms with Gasteiger partial charge in [0.05, 0.1) is 13.1 Å². The fraction of sp³-hybridized carbons (Fsp3) is 0.350. The first-order valence-corrected chi connectivity index (χ1v) is 18.6. The quantitative estimate of drug-likeness (QED) is 0.0905. The first kappa shape index (κ1) is 33.9. The van der Waals surface area contributed by atoms with Crippen molar-refractivity contribution in [1.29, 1.82) is 0 Å². The highest BCUT2D eigenvalue weighted by Crippen LogP contribution is 2.40. The lowest BCUT2D eigenvalue weighted by Gasteiger charge is -2.33. The Labute approximate surface area is 291 Å². The van der Waals surface area contributed by atoms with Crippen molar-refractivity contribution in [2.24, 2.45) is 0 Å². The molecule has 1 unspecified atom stereocenters. The van der Waals surface area contributed by atoms with Gasteiger partial charge in [0.25, 0.3) is 0 Å². The van der Waals surface area contributed by atoms with E-state index in [4.69, 9.17) is 6.57 Å². The molecule has 0 bridgehead atoms. The number of allylic oxidation sites excluding steroid dienone is 2. The molecule has 2 aliphatic heterocycles. The van der Waals surface area contributed by atoms with Crippen molar-refractivity contribution in [3.63, 3.8) is 0 Å². The minimum Gasteiger partial charge on any atom is -0.337 e. The lowest BCUT2D eigenvalue weighted by Crippen LogP contribution is -2.41. The fourth-order valence-electron chi connectivity index (χ4n) is 6.81. The molecule has 6 nitrogen and oxygen atoms in total. The maximum atomic E-state index is 13.4. The Morgan fingerprint density at radius 3 is 2.60 bits per heavy atom. The van der Waals surface area contributed by atoms with Crippen LogP contribution in [0.2, 0.25) is 0 Å². The molecule has 3 heterocycles. The number of likely N-dealkylation sites (tertiary alicyclic amines) is 1. The van der Waals surface area contributed by atoms with Gasteiger partial charge in [-0.2, -0.15) is 23.1 Å². The van der Waals surface area contributed by atoms with Crippen molar-refractivity contribution in [1.82, 2.24) is 9.80 Å². The molecule has 0 saturated carbocycles. The Morgan fingerprint density at radius 1 is 1.00 bits per heavy atom. The summed E-state index contributed by atoms with van der Waals surface area (Å²) in [6.07, 6.45) is 5.27. The van der Waals surface area contributed by atoms with E-state index in [0.717, 1.165) is 81.0 Å². The number of amides is 1. The van der Waals surface area contributed by atoms with Crippen LogP contribution in [0, 0.1) is 6.57 Å². The first-order chi connectivity index (χ1) is 23.3. The van der Waals surface area contributed by atoms with Crippen molar-refractivity contribution in [3.05, 3.63) is 122 Å². The molecule has 1 atom stereocenters. The second kappa shape index (κ2) is 15.5. The smallest absolute Gasteiger partial charge is 0.224 e. The number of hydrogen-bond acceptors (Lipinski definition) is 6. The normalized spacial score (nSPS) is 16.3. The molecule has 1 aromatic heterocycles. The number of hydrogen-bond donors (Lipinski definition) is 0. The molecule has 0 aliphatic carbocycles. The summed E-state index contributed by atoms with van der Waals surface area (Å²) in [4.78, 5) is 49.7. The number of Topliss-reactive ketones (excluding diaryl/α,β-unsaturated/α-hetero) is 1. The largest absolute Gasteiger partial charge is 0.337 e. The summed E-state index contributed by atoms with van der Waals surface area (Å²) >= 11 is 3.44. The van der Waals surface area contributed by atoms with E-state index >= 15 is 0 Å². The van der Waals surface area contributed by atoms with Gasteiger partial charge in [0, 0.05) is 64.4 Å². The molecule has 2 aliphatic rings. The van der Waals surface area contributed by atoms with E-state index in [9.17, 15) is 14.4 Å².